The van der Waals surface area contributed by atoms with Crippen molar-refractivity contribution in [3.05, 3.63) is 122 Å². The zero-order valence-electron chi connectivity index (χ0n) is 30.2. The van der Waals surface area contributed by atoms with Gasteiger partial charge in [0.05, 0.1) is 29.4 Å². The summed E-state index contributed by atoms with van der Waals surface area (Å²) >= 11 is 6.34. The molecule has 1 saturated carbocycles. The van der Waals surface area contributed by atoms with Crippen LogP contribution in [0, 0.1) is 11.7 Å². The lowest BCUT2D eigenvalue weighted by atomic mass is 9.82. The highest BCUT2D eigenvalue weighted by atomic mass is 35.5. The van der Waals surface area contributed by atoms with E-state index in [1.54, 1.807) is 7.11 Å². The quantitative estimate of drug-likeness (QED) is 0.146. The van der Waals surface area contributed by atoms with Crippen molar-refractivity contribution < 1.29 is 9.13 Å². The van der Waals surface area contributed by atoms with Crippen LogP contribution in [0.3, 0.4) is 0 Å². The molecule has 0 bridgehead atoms. The monoisotopic (exact) mass is 723 g/mol. The molecule has 2 aliphatic rings. The molecule has 1 saturated heterocycles. The first-order valence-electron chi connectivity index (χ1n) is 18.5. The molecule has 1 aliphatic carbocycles. The van der Waals surface area contributed by atoms with Crippen LogP contribution < -0.4 is 16.0 Å². The van der Waals surface area contributed by atoms with Crippen LogP contribution in [0.2, 0.25) is 5.02 Å². The predicted molar refractivity (Wildman–Crippen MR) is 206 cm³/mol. The van der Waals surface area contributed by atoms with E-state index >= 15 is 0 Å². The van der Waals surface area contributed by atoms with Crippen molar-refractivity contribution in [2.75, 3.05) is 33.3 Å². The third-order valence-electron chi connectivity index (χ3n) is 11.1. The minimum absolute atomic E-state index is 0.0992. The smallest absolute Gasteiger partial charge is 0.337 e. The van der Waals surface area contributed by atoms with Crippen molar-refractivity contribution in [3.63, 3.8) is 0 Å². The molecule has 0 radical (unpaired) electrons. The number of hydrogen-bond acceptors (Lipinski definition) is 6. The number of benzene rings is 3. The minimum Gasteiger partial charge on any atom is -0.495 e. The normalized spacial score (nSPS) is 18.7. The molecule has 3 aromatic carbocycles. The Morgan fingerprint density at radius 3 is 2.31 bits per heavy atom. The van der Waals surface area contributed by atoms with Gasteiger partial charge < -0.3 is 4.74 Å². The minimum atomic E-state index is -0.612. The lowest BCUT2D eigenvalue weighted by Crippen LogP contribution is -2.48. The van der Waals surface area contributed by atoms with Gasteiger partial charge in [0, 0.05) is 44.8 Å². The molecule has 52 heavy (non-hydrogen) atoms. The summed E-state index contributed by atoms with van der Waals surface area (Å²) in [4.78, 5) is 37.6. The summed E-state index contributed by atoms with van der Waals surface area (Å²) in [6.45, 7) is 9.73. The number of nitrogens with zero attached hydrogens (tertiary/aromatic N) is 5. The van der Waals surface area contributed by atoms with E-state index in [4.69, 9.17) is 16.3 Å². The first kappa shape index (κ1) is 36.1. The molecule has 0 amide bonds. The summed E-state index contributed by atoms with van der Waals surface area (Å²) in [5, 5.41) is 0.703. The van der Waals surface area contributed by atoms with Gasteiger partial charge in [0.2, 0.25) is 0 Å². The van der Waals surface area contributed by atoms with Crippen molar-refractivity contribution in [2.45, 2.75) is 71.0 Å². The number of hydrogen-bond donors (Lipinski definition) is 0. The second-order valence-electron chi connectivity index (χ2n) is 14.7. The van der Waals surface area contributed by atoms with Crippen LogP contribution in [-0.2, 0) is 13.0 Å². The first-order chi connectivity index (χ1) is 25.2. The Morgan fingerprint density at radius 2 is 1.62 bits per heavy atom. The van der Waals surface area contributed by atoms with Crippen LogP contribution in [0.15, 0.2) is 88.6 Å². The largest absolute Gasteiger partial charge is 0.495 e. The van der Waals surface area contributed by atoms with Gasteiger partial charge in [0.25, 0.3) is 5.56 Å². The summed E-state index contributed by atoms with van der Waals surface area (Å²) < 4.78 is 22.7. The molecule has 7 rings (SSSR count). The molecule has 10 heteroatoms. The van der Waals surface area contributed by atoms with E-state index in [9.17, 15) is 14.0 Å². The number of aryl methyl sites for hydroxylation is 1. The molecule has 2 fully saturated rings. The van der Waals surface area contributed by atoms with E-state index in [0.29, 0.717) is 41.3 Å². The molecule has 272 valence electrons. The second-order valence-corrected chi connectivity index (χ2v) is 15.1. The number of rotatable bonds is 10. The maximum Gasteiger partial charge on any atom is 0.337 e. The highest BCUT2D eigenvalue weighted by Crippen LogP contribution is 2.35. The van der Waals surface area contributed by atoms with Gasteiger partial charge in [-0.3, -0.25) is 19.2 Å². The number of methoxy groups -OCH3 is 1. The Balaban J connectivity index is 1.11. The fourth-order valence-electron chi connectivity index (χ4n) is 7.99. The molecular formula is C42H47ClFN5O3. The number of pyridine rings is 1. The molecule has 3 heterocycles. The summed E-state index contributed by atoms with van der Waals surface area (Å²) in [6.07, 6.45) is 6.11. The van der Waals surface area contributed by atoms with E-state index in [1.807, 2.05) is 42.5 Å². The summed E-state index contributed by atoms with van der Waals surface area (Å²) in [5.41, 5.74) is 4.19. The average molecular weight is 724 g/mol. The van der Waals surface area contributed by atoms with Crippen LogP contribution in [0.5, 0.6) is 5.75 Å². The second kappa shape index (κ2) is 15.7. The maximum absolute atomic E-state index is 14.6. The standard InChI is InChI=1S/C42H47ClFN5O3/c1-28(2)47-21-19-46(20-22-47)27-31-9-14-32(15-10-31)33-5-4-6-36(24-33)48-40-37(25-34(44)26-45-40)41(50)49(42(48)51)35-16-11-29(12-17-35)7-8-30-13-18-39(52-3)38(43)23-30/h4-6,9-10,13-15,18,23-26,28-29,35H,7-8,11-12,16-17,19-22,27H2,1-3H3. The van der Waals surface area contributed by atoms with Crippen LogP contribution in [0.4, 0.5) is 4.39 Å². The van der Waals surface area contributed by atoms with Crippen molar-refractivity contribution in [3.8, 4) is 22.6 Å². The third kappa shape index (κ3) is 7.72. The lowest BCUT2D eigenvalue weighted by Gasteiger charge is -2.36. The van der Waals surface area contributed by atoms with Crippen molar-refractivity contribution in [1.29, 1.82) is 0 Å². The van der Waals surface area contributed by atoms with E-state index in [0.717, 1.165) is 81.3 Å². The number of ether oxygens (including phenoxy) is 1. The maximum atomic E-state index is 14.6. The van der Waals surface area contributed by atoms with E-state index in [1.165, 1.54) is 20.8 Å². The van der Waals surface area contributed by atoms with E-state index < -0.39 is 17.1 Å². The molecule has 0 atom stereocenters. The van der Waals surface area contributed by atoms with Crippen LogP contribution in [-0.4, -0.2) is 63.2 Å². The van der Waals surface area contributed by atoms with Crippen molar-refractivity contribution in [2.24, 2.45) is 5.92 Å². The van der Waals surface area contributed by atoms with Gasteiger partial charge in [-0.1, -0.05) is 54.1 Å². The van der Waals surface area contributed by atoms with Gasteiger partial charge in [-0.25, -0.2) is 18.7 Å². The van der Waals surface area contributed by atoms with Crippen molar-refractivity contribution >= 4 is 22.6 Å². The Hall–Kier alpha value is -4.31. The SMILES string of the molecule is COc1ccc(CCC2CCC(n3c(=O)c4cc(F)cnc4n(-c4cccc(-c5ccc(CN6CCN(C(C)C)CC6)cc5)c4)c3=O)CC2)cc1Cl. The lowest BCUT2D eigenvalue weighted by molar-refractivity contribution is 0.104. The zero-order valence-corrected chi connectivity index (χ0v) is 31.0. The average Bonchev–Trinajstić information content (AvgIpc) is 3.15. The fraction of sp³-hybridized carbons (Fsp3) is 0.405. The molecule has 0 N–H and O–H groups in total. The number of halogens is 2. The Labute approximate surface area is 309 Å². The van der Waals surface area contributed by atoms with Crippen LogP contribution in [0.1, 0.15) is 63.1 Å². The first-order valence-corrected chi connectivity index (χ1v) is 18.9. The van der Waals surface area contributed by atoms with Crippen LogP contribution in [0.25, 0.3) is 27.8 Å². The van der Waals surface area contributed by atoms with Gasteiger partial charge >= 0.3 is 5.69 Å². The number of aromatic nitrogens is 3. The van der Waals surface area contributed by atoms with Gasteiger partial charge in [-0.2, -0.15) is 0 Å². The van der Waals surface area contributed by atoms with E-state index in [2.05, 4.69) is 52.9 Å². The Bertz CT molecular complexity index is 2150. The summed E-state index contributed by atoms with van der Waals surface area (Å²) in [5.74, 6) is 0.516. The topological polar surface area (TPSA) is 72.6 Å². The molecule has 0 spiro atoms. The molecule has 8 nitrogen and oxygen atoms in total. The zero-order chi connectivity index (χ0) is 36.4. The highest BCUT2D eigenvalue weighted by Gasteiger charge is 2.27. The highest BCUT2D eigenvalue weighted by molar-refractivity contribution is 6.32. The van der Waals surface area contributed by atoms with Crippen LogP contribution >= 0.6 is 11.6 Å². The van der Waals surface area contributed by atoms with Gasteiger partial charge in [-0.15, -0.1) is 0 Å². The molecule has 1 aliphatic heterocycles. The van der Waals surface area contributed by atoms with Gasteiger partial charge in [0.1, 0.15) is 11.6 Å². The Kier molecular flexibility index (Phi) is 10.9. The molecule has 5 aromatic rings. The number of fused-ring (bicyclic) bond motifs is 1. The third-order valence-corrected chi connectivity index (χ3v) is 11.4. The van der Waals surface area contributed by atoms with Gasteiger partial charge in [0.15, 0.2) is 5.65 Å². The predicted octanol–water partition coefficient (Wildman–Crippen LogP) is 7.91. The number of piperazine rings is 1. The van der Waals surface area contributed by atoms with Crippen molar-refractivity contribution in [1.82, 2.24) is 23.9 Å². The molecule has 0 unspecified atom stereocenters. The molecule has 2 aromatic heterocycles. The van der Waals surface area contributed by atoms with Gasteiger partial charge in [-0.05, 0) is 111 Å². The fourth-order valence-corrected chi connectivity index (χ4v) is 8.27. The summed E-state index contributed by atoms with van der Waals surface area (Å²) in [7, 11) is 1.61. The molecular weight excluding hydrogens is 677 g/mol. The summed E-state index contributed by atoms with van der Waals surface area (Å²) in [6, 6.07) is 23.7. The van der Waals surface area contributed by atoms with E-state index in [-0.39, 0.29) is 17.1 Å². The Morgan fingerprint density at radius 1 is 0.885 bits per heavy atom.